The summed E-state index contributed by atoms with van der Waals surface area (Å²) >= 11 is 0. The van der Waals surface area contributed by atoms with Crippen molar-refractivity contribution >= 4 is 5.91 Å². The van der Waals surface area contributed by atoms with Gasteiger partial charge in [0.05, 0.1) is 13.0 Å². The van der Waals surface area contributed by atoms with Gasteiger partial charge in [0.2, 0.25) is 5.91 Å². The lowest BCUT2D eigenvalue weighted by Gasteiger charge is -2.25. The predicted molar refractivity (Wildman–Crippen MR) is 83.3 cm³/mol. The molecule has 0 aliphatic carbocycles. The monoisotopic (exact) mass is 316 g/mol. The first kappa shape index (κ1) is 15.3. The molecule has 3 rings (SSSR count). The highest BCUT2D eigenvalue weighted by Crippen LogP contribution is 2.30. The van der Waals surface area contributed by atoms with E-state index in [1.165, 1.54) is 6.33 Å². The molecule has 7 nitrogen and oxygen atoms in total. The first-order valence-corrected chi connectivity index (χ1v) is 7.66. The van der Waals surface area contributed by atoms with Crippen LogP contribution in [0.5, 0.6) is 11.5 Å². The maximum absolute atomic E-state index is 12.2. The third-order valence-electron chi connectivity index (χ3n) is 3.88. The van der Waals surface area contributed by atoms with Crippen LogP contribution in [0.3, 0.4) is 0 Å². The van der Waals surface area contributed by atoms with Crippen molar-refractivity contribution in [3.8, 4) is 11.5 Å². The first-order chi connectivity index (χ1) is 11.3. The van der Waals surface area contributed by atoms with Crippen LogP contribution in [0.25, 0.3) is 0 Å². The lowest BCUT2D eigenvalue weighted by Crippen LogP contribution is -2.38. The van der Waals surface area contributed by atoms with Gasteiger partial charge in [0.25, 0.3) is 0 Å². The molecule has 0 saturated heterocycles. The minimum absolute atomic E-state index is 0.0325. The Balaban J connectivity index is 1.47. The molecule has 0 saturated carbocycles. The maximum atomic E-state index is 12.2. The van der Waals surface area contributed by atoms with E-state index in [0.717, 1.165) is 30.0 Å². The average Bonchev–Trinajstić information content (AvgIpc) is 3.11. The van der Waals surface area contributed by atoms with E-state index in [-0.39, 0.29) is 11.8 Å². The summed E-state index contributed by atoms with van der Waals surface area (Å²) in [4.78, 5) is 16.1. The number of carbonyl (C=O) groups excluding carboxylic acids is 1. The zero-order chi connectivity index (χ0) is 16.1. The molecule has 1 unspecified atom stereocenters. The Hall–Kier alpha value is -2.57. The highest BCUT2D eigenvalue weighted by molar-refractivity contribution is 5.79. The van der Waals surface area contributed by atoms with Gasteiger partial charge in [-0.2, -0.15) is 5.10 Å². The minimum atomic E-state index is -0.151. The molecule has 23 heavy (non-hydrogen) atoms. The van der Waals surface area contributed by atoms with Crippen molar-refractivity contribution in [3.63, 3.8) is 0 Å². The molecular formula is C16H20N4O3. The van der Waals surface area contributed by atoms with E-state index in [4.69, 9.17) is 9.47 Å². The van der Waals surface area contributed by atoms with Crippen LogP contribution >= 0.6 is 0 Å². The van der Waals surface area contributed by atoms with Gasteiger partial charge in [-0.15, -0.1) is 0 Å². The Bertz CT molecular complexity index is 657. The third-order valence-corrected chi connectivity index (χ3v) is 3.88. The molecule has 7 heteroatoms. The van der Waals surface area contributed by atoms with Gasteiger partial charge >= 0.3 is 0 Å². The normalized spacial score (nSPS) is 16.3. The lowest BCUT2D eigenvalue weighted by atomic mass is 9.96. The van der Waals surface area contributed by atoms with E-state index in [9.17, 15) is 4.79 Å². The third kappa shape index (κ3) is 3.80. The Labute approximate surface area is 134 Å². The Morgan fingerprint density at radius 3 is 3.22 bits per heavy atom. The van der Waals surface area contributed by atoms with E-state index in [1.807, 2.05) is 18.2 Å². The molecule has 1 N–H and O–H groups in total. The summed E-state index contributed by atoms with van der Waals surface area (Å²) in [5.74, 6) is 1.45. The molecule has 0 spiro atoms. The summed E-state index contributed by atoms with van der Waals surface area (Å²) in [6.07, 6.45) is 4.68. The van der Waals surface area contributed by atoms with Gasteiger partial charge in [-0.3, -0.25) is 9.48 Å². The minimum Gasteiger partial charge on any atom is -0.497 e. The number of methoxy groups -OCH3 is 1. The van der Waals surface area contributed by atoms with Crippen molar-refractivity contribution in [1.29, 1.82) is 0 Å². The molecule has 1 aromatic carbocycles. The Morgan fingerprint density at radius 1 is 1.52 bits per heavy atom. The van der Waals surface area contributed by atoms with Crippen molar-refractivity contribution in [2.75, 3.05) is 20.3 Å². The fourth-order valence-electron chi connectivity index (χ4n) is 2.59. The van der Waals surface area contributed by atoms with Gasteiger partial charge in [0.1, 0.15) is 30.8 Å². The van der Waals surface area contributed by atoms with Crippen molar-refractivity contribution in [2.24, 2.45) is 5.92 Å². The van der Waals surface area contributed by atoms with Crippen LogP contribution in [0, 0.1) is 5.92 Å². The van der Waals surface area contributed by atoms with Crippen molar-refractivity contribution in [3.05, 3.63) is 36.4 Å². The molecule has 122 valence electrons. The summed E-state index contributed by atoms with van der Waals surface area (Å²) < 4.78 is 12.6. The van der Waals surface area contributed by atoms with Crippen LogP contribution < -0.4 is 14.8 Å². The number of aryl methyl sites for hydroxylation is 1. The van der Waals surface area contributed by atoms with Crippen molar-refractivity contribution < 1.29 is 14.3 Å². The number of aromatic nitrogens is 3. The summed E-state index contributed by atoms with van der Waals surface area (Å²) in [5, 5.41) is 6.99. The molecule has 0 fully saturated rings. The average molecular weight is 316 g/mol. The van der Waals surface area contributed by atoms with Crippen LogP contribution in [0.1, 0.15) is 12.0 Å². The lowest BCUT2D eigenvalue weighted by molar-refractivity contribution is -0.126. The summed E-state index contributed by atoms with van der Waals surface area (Å²) in [6.45, 7) is 1.75. The number of fused-ring (bicyclic) bond motifs is 1. The highest BCUT2D eigenvalue weighted by Gasteiger charge is 2.26. The van der Waals surface area contributed by atoms with Crippen LogP contribution in [-0.2, 0) is 17.8 Å². The Morgan fingerprint density at radius 2 is 2.43 bits per heavy atom. The molecule has 1 aliphatic heterocycles. The van der Waals surface area contributed by atoms with Gasteiger partial charge in [0, 0.05) is 19.2 Å². The van der Waals surface area contributed by atoms with Gasteiger partial charge in [-0.25, -0.2) is 4.98 Å². The number of carbonyl (C=O) groups is 1. The molecule has 2 heterocycles. The molecule has 1 aliphatic rings. The standard InChI is InChI=1S/C16H20N4O3/c1-22-14-4-3-12-7-13(9-23-15(12)8-14)16(21)18-5-2-6-20-11-17-10-19-20/h3-4,8,10-11,13H,2,5-7,9H2,1H3,(H,18,21). The number of benzene rings is 1. The molecule has 0 bridgehead atoms. The molecule has 2 aromatic rings. The predicted octanol–water partition coefficient (Wildman–Crippen LogP) is 1.04. The van der Waals surface area contributed by atoms with E-state index in [2.05, 4.69) is 15.4 Å². The number of nitrogens with zero attached hydrogens (tertiary/aromatic N) is 3. The second-order valence-corrected chi connectivity index (χ2v) is 5.49. The van der Waals surface area contributed by atoms with E-state index >= 15 is 0 Å². The number of rotatable bonds is 6. The molecule has 1 amide bonds. The number of hydrogen-bond acceptors (Lipinski definition) is 5. The zero-order valence-corrected chi connectivity index (χ0v) is 13.1. The molecule has 1 atom stereocenters. The van der Waals surface area contributed by atoms with Crippen LogP contribution in [0.15, 0.2) is 30.9 Å². The van der Waals surface area contributed by atoms with Crippen molar-refractivity contribution in [1.82, 2.24) is 20.1 Å². The van der Waals surface area contributed by atoms with Crippen LogP contribution in [0.4, 0.5) is 0 Å². The van der Waals surface area contributed by atoms with Gasteiger partial charge in [-0.05, 0) is 24.5 Å². The second-order valence-electron chi connectivity index (χ2n) is 5.49. The van der Waals surface area contributed by atoms with E-state index < -0.39 is 0 Å². The van der Waals surface area contributed by atoms with Crippen LogP contribution in [-0.4, -0.2) is 40.9 Å². The summed E-state index contributed by atoms with van der Waals surface area (Å²) in [7, 11) is 1.63. The number of ether oxygens (including phenoxy) is 2. The fraction of sp³-hybridized carbons (Fsp3) is 0.438. The van der Waals surface area contributed by atoms with E-state index in [1.54, 1.807) is 18.1 Å². The number of hydrogen-bond donors (Lipinski definition) is 1. The first-order valence-electron chi connectivity index (χ1n) is 7.66. The zero-order valence-electron chi connectivity index (χ0n) is 13.1. The quantitative estimate of drug-likeness (QED) is 0.806. The van der Waals surface area contributed by atoms with Gasteiger partial charge < -0.3 is 14.8 Å². The second kappa shape index (κ2) is 7.13. The summed E-state index contributed by atoms with van der Waals surface area (Å²) in [6, 6.07) is 5.71. The highest BCUT2D eigenvalue weighted by atomic mass is 16.5. The smallest absolute Gasteiger partial charge is 0.226 e. The number of nitrogens with one attached hydrogen (secondary N) is 1. The number of amides is 1. The maximum Gasteiger partial charge on any atom is 0.226 e. The summed E-state index contributed by atoms with van der Waals surface area (Å²) in [5.41, 5.74) is 1.04. The molecule has 0 radical (unpaired) electrons. The SMILES string of the molecule is COc1ccc2c(c1)OCC(C(=O)NCCCn1cncn1)C2. The van der Waals surface area contributed by atoms with Crippen LogP contribution in [0.2, 0.25) is 0 Å². The van der Waals surface area contributed by atoms with Crippen molar-refractivity contribution in [2.45, 2.75) is 19.4 Å². The van der Waals surface area contributed by atoms with Gasteiger partial charge in [0.15, 0.2) is 0 Å². The van der Waals surface area contributed by atoms with Gasteiger partial charge in [-0.1, -0.05) is 6.07 Å². The fourth-order valence-corrected chi connectivity index (χ4v) is 2.59. The molecular weight excluding hydrogens is 296 g/mol. The largest absolute Gasteiger partial charge is 0.497 e. The topological polar surface area (TPSA) is 78.3 Å². The molecule has 1 aromatic heterocycles. The van der Waals surface area contributed by atoms with E-state index in [0.29, 0.717) is 19.6 Å². The Kier molecular flexibility index (Phi) is 4.75.